The number of rotatable bonds is 4. The molecule has 0 bridgehead atoms. The third kappa shape index (κ3) is 2.63. The highest BCUT2D eigenvalue weighted by Crippen LogP contribution is 2.26. The first-order chi connectivity index (χ1) is 10.1. The smallest absolute Gasteiger partial charge is 0.306 e. The summed E-state index contributed by atoms with van der Waals surface area (Å²) in [7, 11) is 0. The van der Waals surface area contributed by atoms with Crippen LogP contribution >= 0.6 is 0 Å². The predicted octanol–water partition coefficient (Wildman–Crippen LogP) is 0.287. The molecule has 0 aromatic carbocycles. The lowest BCUT2D eigenvalue weighted by Crippen LogP contribution is -2.53. The lowest BCUT2D eigenvalue weighted by Gasteiger charge is -2.40. The van der Waals surface area contributed by atoms with Crippen LogP contribution in [-0.4, -0.2) is 51.7 Å². The third-order valence-electron chi connectivity index (χ3n) is 4.29. The van der Waals surface area contributed by atoms with Gasteiger partial charge in [0.15, 0.2) is 0 Å². The van der Waals surface area contributed by atoms with Crippen LogP contribution in [0.2, 0.25) is 0 Å². The second kappa shape index (κ2) is 5.44. The molecule has 114 valence electrons. The Morgan fingerprint density at radius 3 is 2.86 bits per heavy atom. The van der Waals surface area contributed by atoms with Crippen LogP contribution < -0.4 is 5.32 Å². The van der Waals surface area contributed by atoms with Crippen LogP contribution in [0.1, 0.15) is 42.3 Å². The molecule has 1 aromatic heterocycles. The Morgan fingerprint density at radius 2 is 2.24 bits per heavy atom. The summed E-state index contributed by atoms with van der Waals surface area (Å²) in [6.45, 7) is 3.43. The second-order valence-electron chi connectivity index (χ2n) is 5.70. The Bertz CT molecular complexity index is 546. The number of likely N-dealkylation sites (tertiary alicyclic amines) is 1. The molecule has 2 aliphatic rings. The highest BCUT2D eigenvalue weighted by Gasteiger charge is 2.39. The molecule has 8 heteroatoms. The maximum Gasteiger partial charge on any atom is 0.306 e. The Morgan fingerprint density at radius 1 is 1.48 bits per heavy atom. The number of nitrogens with zero attached hydrogens (tertiary/aromatic N) is 3. The number of nitrogens with one attached hydrogen (secondary N) is 1. The Kier molecular flexibility index (Phi) is 3.62. The van der Waals surface area contributed by atoms with Crippen molar-refractivity contribution in [2.75, 3.05) is 19.6 Å². The molecule has 2 saturated heterocycles. The molecule has 0 spiro atoms. The number of carboxylic acids is 1. The highest BCUT2D eigenvalue weighted by atomic mass is 16.5. The number of aliphatic carboxylic acids is 1. The third-order valence-corrected chi connectivity index (χ3v) is 4.29. The zero-order valence-corrected chi connectivity index (χ0v) is 11.8. The summed E-state index contributed by atoms with van der Waals surface area (Å²) in [5.41, 5.74) is 0. The monoisotopic (exact) mass is 294 g/mol. The van der Waals surface area contributed by atoms with Gasteiger partial charge in [-0.3, -0.25) is 9.59 Å². The van der Waals surface area contributed by atoms with E-state index in [4.69, 9.17) is 9.63 Å². The Hall–Kier alpha value is -1.96. The van der Waals surface area contributed by atoms with Crippen molar-refractivity contribution in [2.24, 2.45) is 11.8 Å². The summed E-state index contributed by atoms with van der Waals surface area (Å²) in [4.78, 5) is 28.8. The zero-order valence-electron chi connectivity index (χ0n) is 11.8. The normalized spacial score (nSPS) is 23.9. The fraction of sp³-hybridized carbons (Fsp3) is 0.692. The summed E-state index contributed by atoms with van der Waals surface area (Å²) in [5, 5.41) is 15.9. The van der Waals surface area contributed by atoms with Crippen LogP contribution in [0.15, 0.2) is 4.52 Å². The van der Waals surface area contributed by atoms with Crippen LogP contribution in [0.5, 0.6) is 0 Å². The minimum atomic E-state index is -0.832. The Labute approximate surface area is 121 Å². The summed E-state index contributed by atoms with van der Waals surface area (Å²) >= 11 is 0. The van der Waals surface area contributed by atoms with Gasteiger partial charge in [0.1, 0.15) is 0 Å². The van der Waals surface area contributed by atoms with E-state index in [1.807, 2.05) is 0 Å². The van der Waals surface area contributed by atoms with Gasteiger partial charge in [0.25, 0.3) is 11.7 Å². The van der Waals surface area contributed by atoms with E-state index in [9.17, 15) is 9.59 Å². The number of hydrogen-bond acceptors (Lipinski definition) is 6. The average molecular weight is 294 g/mol. The molecule has 0 radical (unpaired) electrons. The van der Waals surface area contributed by atoms with E-state index in [0.717, 1.165) is 19.4 Å². The standard InChI is InChI=1S/C13H18N4O4/c1-7(13(19)20)8-5-17(6-8)12(18)10-15-11(21-16-10)9-3-2-4-14-9/h7-9,14H,2-6H2,1H3,(H,19,20). The van der Waals surface area contributed by atoms with Crippen LogP contribution in [0.25, 0.3) is 0 Å². The first kappa shape index (κ1) is 14.0. The fourth-order valence-corrected chi connectivity index (χ4v) is 2.70. The number of amides is 1. The van der Waals surface area contributed by atoms with Crippen molar-refractivity contribution in [1.29, 1.82) is 0 Å². The van der Waals surface area contributed by atoms with Crippen LogP contribution in [-0.2, 0) is 4.79 Å². The minimum absolute atomic E-state index is 0.00526. The number of carboxylic acid groups (broad SMARTS) is 1. The van der Waals surface area contributed by atoms with E-state index in [1.54, 1.807) is 11.8 Å². The van der Waals surface area contributed by atoms with Gasteiger partial charge >= 0.3 is 5.97 Å². The highest BCUT2D eigenvalue weighted by molar-refractivity contribution is 5.91. The lowest BCUT2D eigenvalue weighted by molar-refractivity contribution is -0.144. The second-order valence-corrected chi connectivity index (χ2v) is 5.70. The van der Waals surface area contributed by atoms with E-state index < -0.39 is 11.9 Å². The Balaban J connectivity index is 1.58. The number of hydrogen-bond donors (Lipinski definition) is 2. The van der Waals surface area contributed by atoms with E-state index in [0.29, 0.717) is 19.0 Å². The van der Waals surface area contributed by atoms with Crippen molar-refractivity contribution in [3.8, 4) is 0 Å². The van der Waals surface area contributed by atoms with Crippen molar-refractivity contribution in [3.05, 3.63) is 11.7 Å². The van der Waals surface area contributed by atoms with E-state index >= 15 is 0 Å². The molecule has 0 aliphatic carbocycles. The summed E-state index contributed by atoms with van der Waals surface area (Å²) in [6.07, 6.45) is 1.98. The van der Waals surface area contributed by atoms with Crippen LogP contribution in [0.3, 0.4) is 0 Å². The van der Waals surface area contributed by atoms with Gasteiger partial charge in [-0.15, -0.1) is 0 Å². The topological polar surface area (TPSA) is 109 Å². The van der Waals surface area contributed by atoms with E-state index in [-0.39, 0.29) is 23.7 Å². The number of carbonyl (C=O) groups excluding carboxylic acids is 1. The molecule has 3 heterocycles. The maximum atomic E-state index is 12.2. The summed E-state index contributed by atoms with van der Waals surface area (Å²) < 4.78 is 5.14. The molecule has 3 rings (SSSR count). The van der Waals surface area contributed by atoms with Crippen molar-refractivity contribution in [3.63, 3.8) is 0 Å². The van der Waals surface area contributed by atoms with E-state index in [1.165, 1.54) is 0 Å². The SMILES string of the molecule is CC(C(=O)O)C1CN(C(=O)c2noc(C3CCCN3)n2)C1. The van der Waals surface area contributed by atoms with Gasteiger partial charge in [-0.2, -0.15) is 4.98 Å². The maximum absolute atomic E-state index is 12.2. The van der Waals surface area contributed by atoms with Gasteiger partial charge < -0.3 is 19.8 Å². The van der Waals surface area contributed by atoms with Crippen molar-refractivity contribution in [2.45, 2.75) is 25.8 Å². The van der Waals surface area contributed by atoms with Crippen molar-refractivity contribution in [1.82, 2.24) is 20.4 Å². The van der Waals surface area contributed by atoms with Crippen LogP contribution in [0.4, 0.5) is 0 Å². The van der Waals surface area contributed by atoms with Gasteiger partial charge in [-0.25, -0.2) is 0 Å². The van der Waals surface area contributed by atoms with Gasteiger partial charge in [0, 0.05) is 19.0 Å². The molecule has 2 unspecified atom stereocenters. The van der Waals surface area contributed by atoms with Gasteiger partial charge in [0.05, 0.1) is 12.0 Å². The largest absolute Gasteiger partial charge is 0.481 e. The summed E-state index contributed by atoms with van der Waals surface area (Å²) in [5.74, 6) is -1.07. The molecule has 0 saturated carbocycles. The molecule has 8 nitrogen and oxygen atoms in total. The van der Waals surface area contributed by atoms with Gasteiger partial charge in [-0.1, -0.05) is 12.1 Å². The van der Waals surface area contributed by atoms with Crippen LogP contribution in [0, 0.1) is 11.8 Å². The molecule has 1 aromatic rings. The molecular weight excluding hydrogens is 276 g/mol. The molecule has 2 N–H and O–H groups in total. The predicted molar refractivity (Wildman–Crippen MR) is 70.5 cm³/mol. The molecule has 2 atom stereocenters. The fourth-order valence-electron chi connectivity index (χ4n) is 2.70. The lowest BCUT2D eigenvalue weighted by atomic mass is 9.87. The zero-order chi connectivity index (χ0) is 15.0. The molecule has 2 fully saturated rings. The summed E-state index contributed by atoms with van der Waals surface area (Å²) in [6, 6.07) is 0.0372. The quantitative estimate of drug-likeness (QED) is 0.821. The van der Waals surface area contributed by atoms with E-state index in [2.05, 4.69) is 15.5 Å². The molecule has 21 heavy (non-hydrogen) atoms. The molecule has 1 amide bonds. The average Bonchev–Trinajstić information content (AvgIpc) is 3.07. The number of aromatic nitrogens is 2. The molecule has 2 aliphatic heterocycles. The molecular formula is C13H18N4O4. The van der Waals surface area contributed by atoms with Gasteiger partial charge in [-0.05, 0) is 19.4 Å². The number of carbonyl (C=O) groups is 2. The van der Waals surface area contributed by atoms with Gasteiger partial charge in [0.2, 0.25) is 5.89 Å². The van der Waals surface area contributed by atoms with Crippen molar-refractivity contribution >= 4 is 11.9 Å². The first-order valence-corrected chi connectivity index (χ1v) is 7.15. The minimum Gasteiger partial charge on any atom is -0.481 e. The first-order valence-electron chi connectivity index (χ1n) is 7.15. The van der Waals surface area contributed by atoms with Crippen molar-refractivity contribution < 1.29 is 19.2 Å².